The van der Waals surface area contributed by atoms with Crippen LogP contribution in [0.15, 0.2) is 36.7 Å². The van der Waals surface area contributed by atoms with Crippen LogP contribution in [0, 0.1) is 17.1 Å². The van der Waals surface area contributed by atoms with Gasteiger partial charge in [0, 0.05) is 58.9 Å². The van der Waals surface area contributed by atoms with E-state index in [1.54, 1.807) is 6.07 Å². The lowest BCUT2D eigenvalue weighted by atomic mass is 10.1. The normalized spacial score (nSPS) is 26.2. The van der Waals surface area contributed by atoms with Crippen molar-refractivity contribution in [3.05, 3.63) is 48.2 Å². The molecule has 12 heteroatoms. The molecule has 206 valence electrons. The largest absolute Gasteiger partial charge is 0.370 e. The first kappa shape index (κ1) is 25.7. The molecule has 3 saturated heterocycles. The fraction of sp³-hybridized carbons (Fsp3) is 0.519. The van der Waals surface area contributed by atoms with Gasteiger partial charge in [-0.25, -0.2) is 18.3 Å². The monoisotopic (exact) mass is 537 g/mol. The fourth-order valence-electron chi connectivity index (χ4n) is 5.85. The Morgan fingerprint density at radius 2 is 1.95 bits per heavy atom. The number of piperazine rings is 1. The lowest BCUT2D eigenvalue weighted by molar-refractivity contribution is -0.0327. The highest BCUT2D eigenvalue weighted by atomic mass is 19.1. The van der Waals surface area contributed by atoms with E-state index in [4.69, 9.17) is 4.74 Å². The van der Waals surface area contributed by atoms with Crippen LogP contribution in [0.4, 0.5) is 26.0 Å². The van der Waals surface area contributed by atoms with E-state index in [9.17, 15) is 14.0 Å². The van der Waals surface area contributed by atoms with E-state index in [1.807, 2.05) is 31.3 Å². The minimum absolute atomic E-state index is 0.0161. The summed E-state index contributed by atoms with van der Waals surface area (Å²) in [5.74, 6) is 0.256. The van der Waals surface area contributed by atoms with Crippen molar-refractivity contribution in [2.75, 3.05) is 74.0 Å². The maximum Gasteiger partial charge on any atom is 0.171 e. The molecule has 39 heavy (non-hydrogen) atoms. The van der Waals surface area contributed by atoms with E-state index in [1.165, 1.54) is 4.52 Å². The number of fused-ring (bicyclic) bond motifs is 1. The SMILES string of the molecule is C[C@@H]1CN(c2ccc(C#N)n3ncc(F)c23)C[C@H](CN2CCN(c3ccc(N[C@H]4CNC[C@H]4F)nc3)CC2)O1. The minimum Gasteiger partial charge on any atom is -0.370 e. The van der Waals surface area contributed by atoms with Gasteiger partial charge in [0.05, 0.1) is 42.0 Å². The number of morpholine rings is 1. The second kappa shape index (κ2) is 10.9. The molecular formula is C27H33F2N9O. The van der Waals surface area contributed by atoms with E-state index >= 15 is 0 Å². The third kappa shape index (κ3) is 5.34. The number of ether oxygens (including phenoxy) is 1. The third-order valence-corrected chi connectivity index (χ3v) is 7.80. The Balaban J connectivity index is 1.05. The molecule has 0 aromatic carbocycles. The van der Waals surface area contributed by atoms with E-state index < -0.39 is 12.0 Å². The number of nitrogens with one attached hydrogen (secondary N) is 2. The van der Waals surface area contributed by atoms with Crippen LogP contribution < -0.4 is 20.4 Å². The van der Waals surface area contributed by atoms with E-state index in [-0.39, 0.29) is 18.2 Å². The summed E-state index contributed by atoms with van der Waals surface area (Å²) in [6.07, 6.45) is 2.06. The van der Waals surface area contributed by atoms with Crippen LogP contribution in [0.1, 0.15) is 12.6 Å². The predicted octanol–water partition coefficient (Wildman–Crippen LogP) is 1.88. The van der Waals surface area contributed by atoms with E-state index in [2.05, 4.69) is 41.5 Å². The number of anilines is 3. The van der Waals surface area contributed by atoms with Gasteiger partial charge in [0.25, 0.3) is 0 Å². The van der Waals surface area contributed by atoms with Gasteiger partial charge in [-0.3, -0.25) is 4.90 Å². The molecule has 6 heterocycles. The number of aromatic nitrogens is 3. The molecule has 0 spiro atoms. The summed E-state index contributed by atoms with van der Waals surface area (Å²) in [7, 11) is 0. The number of hydrogen-bond donors (Lipinski definition) is 2. The Kier molecular flexibility index (Phi) is 7.20. The first-order valence-electron chi connectivity index (χ1n) is 13.5. The molecule has 4 atom stereocenters. The van der Waals surface area contributed by atoms with Crippen LogP contribution in [-0.4, -0.2) is 103 Å². The molecule has 6 rings (SSSR count). The molecule has 0 amide bonds. The molecule has 0 saturated carbocycles. The van der Waals surface area contributed by atoms with Gasteiger partial charge < -0.3 is 25.2 Å². The van der Waals surface area contributed by atoms with Crippen molar-refractivity contribution in [3.63, 3.8) is 0 Å². The molecule has 0 bridgehead atoms. The average Bonchev–Trinajstić information content (AvgIpc) is 3.54. The van der Waals surface area contributed by atoms with Crippen molar-refractivity contribution < 1.29 is 13.5 Å². The van der Waals surface area contributed by atoms with Gasteiger partial charge in [-0.2, -0.15) is 10.4 Å². The highest BCUT2D eigenvalue weighted by Gasteiger charge is 2.31. The highest BCUT2D eigenvalue weighted by molar-refractivity contribution is 5.74. The van der Waals surface area contributed by atoms with Crippen LogP contribution in [0.2, 0.25) is 0 Å². The molecule has 3 aromatic heterocycles. The first-order chi connectivity index (χ1) is 19.0. The second-order valence-electron chi connectivity index (χ2n) is 10.6. The number of halogens is 2. The predicted molar refractivity (Wildman–Crippen MR) is 144 cm³/mol. The standard InChI is InChI=1S/C27H33F2N9O/c1-18-15-37(25-4-2-19(10-30)38-27(25)23(29)13-33-38)17-21(39-18)16-35-6-8-36(9-7-35)20-3-5-26(32-11-20)34-24-14-31-12-22(24)28/h2-5,11,13,18,21-22,24,31H,6-9,12,14-17H2,1H3,(H,32,34)/t18-,21+,22-,24+/m1/s1. The van der Waals surface area contributed by atoms with Crippen LogP contribution >= 0.6 is 0 Å². The molecular weight excluding hydrogens is 504 g/mol. The van der Waals surface area contributed by atoms with Gasteiger partial charge in [-0.1, -0.05) is 0 Å². The summed E-state index contributed by atoms with van der Waals surface area (Å²) in [5, 5.41) is 19.7. The van der Waals surface area contributed by atoms with Gasteiger partial charge in [-0.05, 0) is 31.2 Å². The Labute approximate surface area is 226 Å². The Hall–Kier alpha value is -3.53. The minimum atomic E-state index is -0.903. The topological polar surface area (TPSA) is 97.0 Å². The number of pyridine rings is 2. The fourth-order valence-corrected chi connectivity index (χ4v) is 5.85. The molecule has 3 aliphatic rings. The van der Waals surface area contributed by atoms with Gasteiger partial charge in [0.15, 0.2) is 5.82 Å². The van der Waals surface area contributed by atoms with Crippen LogP contribution in [0.25, 0.3) is 5.52 Å². The van der Waals surface area contributed by atoms with Gasteiger partial charge in [0.2, 0.25) is 0 Å². The zero-order valence-electron chi connectivity index (χ0n) is 21.9. The summed E-state index contributed by atoms with van der Waals surface area (Å²) in [5.41, 5.74) is 2.41. The second-order valence-corrected chi connectivity index (χ2v) is 10.6. The number of alkyl halides is 1. The Bertz CT molecular complexity index is 1340. The highest BCUT2D eigenvalue weighted by Crippen LogP contribution is 2.29. The first-order valence-corrected chi connectivity index (χ1v) is 13.5. The molecule has 3 aliphatic heterocycles. The molecule has 0 radical (unpaired) electrons. The summed E-state index contributed by atoms with van der Waals surface area (Å²) in [6, 6.07) is 9.29. The van der Waals surface area contributed by atoms with Gasteiger partial charge in [-0.15, -0.1) is 0 Å². The van der Waals surface area contributed by atoms with Crippen molar-refractivity contribution in [3.8, 4) is 6.07 Å². The van der Waals surface area contributed by atoms with Crippen LogP contribution in [0.3, 0.4) is 0 Å². The maximum absolute atomic E-state index is 14.7. The zero-order valence-corrected chi connectivity index (χ0v) is 21.9. The van der Waals surface area contributed by atoms with Crippen LogP contribution in [0.5, 0.6) is 0 Å². The van der Waals surface area contributed by atoms with Crippen molar-refractivity contribution in [2.24, 2.45) is 0 Å². The summed E-state index contributed by atoms with van der Waals surface area (Å²) in [6.45, 7) is 8.60. The van der Waals surface area contributed by atoms with E-state index in [0.29, 0.717) is 43.2 Å². The Morgan fingerprint density at radius 1 is 1.10 bits per heavy atom. The van der Waals surface area contributed by atoms with Crippen molar-refractivity contribution in [1.29, 1.82) is 5.26 Å². The molecule has 2 N–H and O–H groups in total. The maximum atomic E-state index is 14.7. The number of hydrogen-bond acceptors (Lipinski definition) is 9. The summed E-state index contributed by atoms with van der Waals surface area (Å²) >= 11 is 0. The van der Waals surface area contributed by atoms with Crippen molar-refractivity contribution in [1.82, 2.24) is 24.8 Å². The van der Waals surface area contributed by atoms with Gasteiger partial charge in [0.1, 0.15) is 29.3 Å². The molecule has 0 unspecified atom stereocenters. The third-order valence-electron chi connectivity index (χ3n) is 7.80. The number of nitrogens with zero attached hydrogens (tertiary/aromatic N) is 7. The molecule has 3 aromatic rings. The molecule has 3 fully saturated rings. The molecule has 0 aliphatic carbocycles. The summed E-state index contributed by atoms with van der Waals surface area (Å²) in [4.78, 5) is 11.4. The smallest absolute Gasteiger partial charge is 0.171 e. The van der Waals surface area contributed by atoms with Crippen molar-refractivity contribution >= 4 is 22.7 Å². The van der Waals surface area contributed by atoms with Gasteiger partial charge >= 0.3 is 0 Å². The van der Waals surface area contributed by atoms with E-state index in [0.717, 1.165) is 50.3 Å². The zero-order chi connectivity index (χ0) is 26.9. The lowest BCUT2D eigenvalue weighted by Crippen LogP contribution is -2.54. The quantitative estimate of drug-likeness (QED) is 0.489. The van der Waals surface area contributed by atoms with Crippen molar-refractivity contribution in [2.45, 2.75) is 31.3 Å². The number of nitriles is 1. The average molecular weight is 538 g/mol. The Morgan fingerprint density at radius 3 is 2.67 bits per heavy atom. The molecule has 10 nitrogen and oxygen atoms in total. The summed E-state index contributed by atoms with van der Waals surface area (Å²) < 4.78 is 36.2. The lowest BCUT2D eigenvalue weighted by Gasteiger charge is -2.42. The number of rotatable bonds is 6. The van der Waals surface area contributed by atoms with Crippen LogP contribution in [-0.2, 0) is 4.74 Å².